The van der Waals surface area contributed by atoms with E-state index in [1.165, 1.54) is 11.8 Å². The highest BCUT2D eigenvalue weighted by atomic mass is 32.2. The van der Waals surface area contributed by atoms with Crippen LogP contribution in [0.3, 0.4) is 0 Å². The van der Waals surface area contributed by atoms with Crippen molar-refractivity contribution in [2.24, 2.45) is 4.99 Å². The van der Waals surface area contributed by atoms with Gasteiger partial charge in [-0.3, -0.25) is 0 Å². The number of hydrogen-bond acceptors (Lipinski definition) is 4. The van der Waals surface area contributed by atoms with Crippen molar-refractivity contribution >= 4 is 16.8 Å². The zero-order valence-corrected chi connectivity index (χ0v) is 8.53. The van der Waals surface area contributed by atoms with Gasteiger partial charge in [0.15, 0.2) is 6.23 Å². The lowest BCUT2D eigenvalue weighted by Crippen LogP contribution is -2.11. The molecule has 0 aromatic heterocycles. The first-order valence-electron chi connectivity index (χ1n) is 4.39. The number of para-hydroxylation sites is 1. The average Bonchev–Trinajstić information content (AvgIpc) is 2.48. The van der Waals surface area contributed by atoms with E-state index in [2.05, 4.69) is 4.99 Å². The molecule has 2 atom stereocenters. The van der Waals surface area contributed by atoms with E-state index in [0.717, 1.165) is 0 Å². The van der Waals surface area contributed by atoms with Gasteiger partial charge >= 0.3 is 0 Å². The Hall–Kier alpha value is -1.00. The second kappa shape index (κ2) is 3.63. The molecule has 0 spiro atoms. The Morgan fingerprint density at radius 3 is 2.64 bits per heavy atom. The van der Waals surface area contributed by atoms with E-state index >= 15 is 0 Å². The van der Waals surface area contributed by atoms with Crippen LogP contribution in [0.2, 0.25) is 0 Å². The number of phenolic OH excluding ortho intramolecular Hbond substituents is 1. The quantitative estimate of drug-likeness (QED) is 0.738. The summed E-state index contributed by atoms with van der Waals surface area (Å²) in [4.78, 5) is 4.08. The number of phenols is 1. The molecule has 2 unspecified atom stereocenters. The highest BCUT2D eigenvalue weighted by Gasteiger charge is 2.26. The summed E-state index contributed by atoms with van der Waals surface area (Å²) in [6, 6.07) is 7.02. The van der Waals surface area contributed by atoms with Crippen molar-refractivity contribution in [1.82, 2.24) is 0 Å². The first kappa shape index (κ1) is 9.55. The minimum absolute atomic E-state index is 0.0598. The first-order valence-corrected chi connectivity index (χ1v) is 5.27. The van der Waals surface area contributed by atoms with Crippen LogP contribution in [-0.4, -0.2) is 26.7 Å². The van der Waals surface area contributed by atoms with Crippen LogP contribution in [0.4, 0.5) is 0 Å². The van der Waals surface area contributed by atoms with Gasteiger partial charge < -0.3 is 10.2 Å². The molecular formula is C10H11NO2S. The number of nitrogens with zero attached hydrogens (tertiary/aromatic N) is 1. The molecule has 1 aromatic carbocycles. The van der Waals surface area contributed by atoms with Gasteiger partial charge in [-0.15, -0.1) is 0 Å². The van der Waals surface area contributed by atoms with Gasteiger partial charge in [0, 0.05) is 5.56 Å². The zero-order valence-electron chi connectivity index (χ0n) is 7.71. The second-order valence-corrected chi connectivity index (χ2v) is 4.55. The molecule has 0 saturated heterocycles. The lowest BCUT2D eigenvalue weighted by atomic mass is 10.2. The van der Waals surface area contributed by atoms with Crippen LogP contribution in [0.1, 0.15) is 12.5 Å². The van der Waals surface area contributed by atoms with Crippen LogP contribution < -0.4 is 0 Å². The Balaban J connectivity index is 2.34. The summed E-state index contributed by atoms with van der Waals surface area (Å²) < 4.78 is 0. The van der Waals surface area contributed by atoms with Crippen LogP contribution in [0.15, 0.2) is 29.3 Å². The normalized spacial score (nSPS) is 26.3. The molecule has 0 bridgehead atoms. The SMILES string of the molecule is CC1SC(c2ccccc2O)=NC1O. The molecule has 1 aliphatic rings. The number of aliphatic hydroxyl groups is 1. The van der Waals surface area contributed by atoms with E-state index in [9.17, 15) is 10.2 Å². The number of aromatic hydroxyl groups is 1. The fourth-order valence-electron chi connectivity index (χ4n) is 1.28. The molecule has 1 heterocycles. The predicted molar refractivity (Wildman–Crippen MR) is 57.7 cm³/mol. The molecule has 2 N–H and O–H groups in total. The van der Waals surface area contributed by atoms with E-state index in [-0.39, 0.29) is 11.0 Å². The largest absolute Gasteiger partial charge is 0.507 e. The van der Waals surface area contributed by atoms with E-state index < -0.39 is 6.23 Å². The highest BCUT2D eigenvalue weighted by Crippen LogP contribution is 2.32. The van der Waals surface area contributed by atoms with Gasteiger partial charge in [-0.2, -0.15) is 0 Å². The van der Waals surface area contributed by atoms with Gasteiger partial charge in [-0.25, -0.2) is 4.99 Å². The minimum atomic E-state index is -0.658. The van der Waals surface area contributed by atoms with Gasteiger partial charge in [0.05, 0.1) is 5.25 Å². The minimum Gasteiger partial charge on any atom is -0.507 e. The summed E-state index contributed by atoms with van der Waals surface area (Å²) in [5.74, 6) is 0.208. The van der Waals surface area contributed by atoms with E-state index in [0.29, 0.717) is 10.6 Å². The monoisotopic (exact) mass is 209 g/mol. The van der Waals surface area contributed by atoms with Crippen LogP contribution >= 0.6 is 11.8 Å². The smallest absolute Gasteiger partial charge is 0.158 e. The third-order valence-electron chi connectivity index (χ3n) is 2.10. The predicted octanol–water partition coefficient (Wildman–Crippen LogP) is 1.59. The maximum Gasteiger partial charge on any atom is 0.158 e. The number of hydrogen-bond donors (Lipinski definition) is 2. The summed E-state index contributed by atoms with van der Waals surface area (Å²) in [6.07, 6.45) is -0.658. The standard InChI is InChI=1S/C10H11NO2S/c1-6-9(13)11-10(14-6)7-4-2-3-5-8(7)12/h2-6,9,12-13H,1H3. The van der Waals surface area contributed by atoms with Gasteiger partial charge in [-0.05, 0) is 19.1 Å². The maximum absolute atomic E-state index is 9.57. The van der Waals surface area contributed by atoms with Gasteiger partial charge in [0.25, 0.3) is 0 Å². The third kappa shape index (κ3) is 1.63. The lowest BCUT2D eigenvalue weighted by molar-refractivity contribution is 0.189. The maximum atomic E-state index is 9.57. The summed E-state index contributed by atoms with van der Waals surface area (Å²) >= 11 is 1.48. The lowest BCUT2D eigenvalue weighted by Gasteiger charge is -2.03. The van der Waals surface area contributed by atoms with Crippen molar-refractivity contribution in [2.75, 3.05) is 0 Å². The third-order valence-corrected chi connectivity index (χ3v) is 3.27. The zero-order chi connectivity index (χ0) is 10.1. The molecule has 14 heavy (non-hydrogen) atoms. The van der Waals surface area contributed by atoms with Crippen LogP contribution in [0, 0.1) is 0 Å². The van der Waals surface area contributed by atoms with Crippen molar-refractivity contribution in [2.45, 2.75) is 18.4 Å². The molecule has 74 valence electrons. The van der Waals surface area contributed by atoms with Crippen LogP contribution in [-0.2, 0) is 0 Å². The van der Waals surface area contributed by atoms with Crippen molar-refractivity contribution in [3.05, 3.63) is 29.8 Å². The molecule has 1 aliphatic heterocycles. The Labute approximate surface area is 86.5 Å². The fraction of sp³-hybridized carbons (Fsp3) is 0.300. The molecule has 3 nitrogen and oxygen atoms in total. The van der Waals surface area contributed by atoms with E-state index in [1.807, 2.05) is 13.0 Å². The van der Waals surface area contributed by atoms with Crippen molar-refractivity contribution < 1.29 is 10.2 Å². The summed E-state index contributed by atoms with van der Waals surface area (Å²) in [7, 11) is 0. The molecular weight excluding hydrogens is 198 g/mol. The summed E-state index contributed by atoms with van der Waals surface area (Å²) in [5, 5.41) is 19.8. The van der Waals surface area contributed by atoms with Crippen LogP contribution in [0.25, 0.3) is 0 Å². The average molecular weight is 209 g/mol. The molecule has 0 fully saturated rings. The number of benzene rings is 1. The topological polar surface area (TPSA) is 52.8 Å². The Morgan fingerprint density at radius 2 is 2.07 bits per heavy atom. The Morgan fingerprint density at radius 1 is 1.36 bits per heavy atom. The Kier molecular flexibility index (Phi) is 2.48. The first-order chi connectivity index (χ1) is 6.68. The molecule has 0 radical (unpaired) electrons. The highest BCUT2D eigenvalue weighted by molar-refractivity contribution is 8.15. The van der Waals surface area contributed by atoms with Gasteiger partial charge in [0.2, 0.25) is 0 Å². The number of rotatable bonds is 1. The van der Waals surface area contributed by atoms with Gasteiger partial charge in [0.1, 0.15) is 10.8 Å². The molecule has 0 aliphatic carbocycles. The summed E-state index contributed by atoms with van der Waals surface area (Å²) in [5.41, 5.74) is 0.695. The van der Waals surface area contributed by atoms with Crippen molar-refractivity contribution in [3.63, 3.8) is 0 Å². The number of aliphatic imine (C=N–C) groups is 1. The fourth-order valence-corrected chi connectivity index (χ4v) is 2.28. The van der Waals surface area contributed by atoms with Crippen molar-refractivity contribution in [3.8, 4) is 5.75 Å². The Bertz CT molecular complexity index is 378. The second-order valence-electron chi connectivity index (χ2n) is 3.19. The van der Waals surface area contributed by atoms with E-state index in [1.54, 1.807) is 18.2 Å². The molecule has 0 saturated carbocycles. The molecule has 4 heteroatoms. The molecule has 2 rings (SSSR count). The number of aliphatic hydroxyl groups excluding tert-OH is 1. The molecule has 0 amide bonds. The van der Waals surface area contributed by atoms with E-state index in [4.69, 9.17) is 0 Å². The summed E-state index contributed by atoms with van der Waals surface area (Å²) in [6.45, 7) is 1.91. The number of thioether (sulfide) groups is 1. The molecule has 1 aromatic rings. The van der Waals surface area contributed by atoms with Gasteiger partial charge in [-0.1, -0.05) is 23.9 Å². The van der Waals surface area contributed by atoms with Crippen LogP contribution in [0.5, 0.6) is 5.75 Å². The van der Waals surface area contributed by atoms with Crippen molar-refractivity contribution in [1.29, 1.82) is 0 Å².